The summed E-state index contributed by atoms with van der Waals surface area (Å²) < 4.78 is 0. The highest BCUT2D eigenvalue weighted by Gasteiger charge is 2.16. The number of aryl methyl sites for hydroxylation is 1. The fourth-order valence-corrected chi connectivity index (χ4v) is 3.62. The second-order valence-corrected chi connectivity index (χ2v) is 7.88. The molecule has 2 heterocycles. The summed E-state index contributed by atoms with van der Waals surface area (Å²) in [5.41, 5.74) is 5.46. The number of aromatic amines is 1. The van der Waals surface area contributed by atoms with Gasteiger partial charge in [0.15, 0.2) is 0 Å². The van der Waals surface area contributed by atoms with Gasteiger partial charge in [-0.1, -0.05) is 48.0 Å². The zero-order chi connectivity index (χ0) is 20.4. The van der Waals surface area contributed by atoms with Crippen molar-refractivity contribution in [3.8, 4) is 11.3 Å². The van der Waals surface area contributed by atoms with Crippen molar-refractivity contribution in [1.82, 2.24) is 15.3 Å². The summed E-state index contributed by atoms with van der Waals surface area (Å²) in [6, 6.07) is 18.3. The number of fused-ring (bicyclic) bond motifs is 3. The lowest BCUT2D eigenvalue weighted by Crippen LogP contribution is -3.05. The molecule has 5 heteroatoms. The average molecular weight is 388 g/mol. The number of hydrogen-bond acceptors (Lipinski definition) is 2. The zero-order valence-corrected chi connectivity index (χ0v) is 17.2. The number of aromatic nitrogens is 2. The molecule has 2 aromatic heterocycles. The Balaban J connectivity index is 1.78. The van der Waals surface area contributed by atoms with E-state index in [4.69, 9.17) is 4.98 Å². The predicted molar refractivity (Wildman–Crippen MR) is 118 cm³/mol. The standard InChI is InChI=1S/C24H26N4O/c1-16-9-11-17(12-10-16)22-23-19(18-7-4-5-8-20(18)26-23)15-21(27-22)24(29)25-13-6-14-28(2)3/h4-5,7-12,15,26H,6,13-14H2,1-3H3,(H,25,29)/p+1. The Hall–Kier alpha value is -3.18. The third-order valence-electron chi connectivity index (χ3n) is 5.19. The van der Waals surface area contributed by atoms with Gasteiger partial charge < -0.3 is 15.2 Å². The Kier molecular flexibility index (Phi) is 5.32. The van der Waals surface area contributed by atoms with Crippen LogP contribution in [0.3, 0.4) is 0 Å². The highest BCUT2D eigenvalue weighted by Crippen LogP contribution is 2.32. The molecule has 0 aliphatic heterocycles. The predicted octanol–water partition coefficient (Wildman–Crippen LogP) is 2.96. The number of para-hydroxylation sites is 1. The molecule has 2 aromatic carbocycles. The number of H-pyrrole nitrogens is 1. The number of carbonyl (C=O) groups excluding carboxylic acids is 1. The van der Waals surface area contributed by atoms with Crippen molar-refractivity contribution in [2.45, 2.75) is 13.3 Å². The van der Waals surface area contributed by atoms with Crippen molar-refractivity contribution < 1.29 is 9.69 Å². The van der Waals surface area contributed by atoms with Crippen LogP contribution in [0.15, 0.2) is 54.6 Å². The number of pyridine rings is 1. The van der Waals surface area contributed by atoms with E-state index in [-0.39, 0.29) is 5.91 Å². The summed E-state index contributed by atoms with van der Waals surface area (Å²) in [6.45, 7) is 3.73. The molecular weight excluding hydrogens is 360 g/mol. The maximum atomic E-state index is 12.8. The van der Waals surface area contributed by atoms with Gasteiger partial charge in [-0.25, -0.2) is 4.98 Å². The summed E-state index contributed by atoms with van der Waals surface area (Å²) in [7, 11) is 4.23. The van der Waals surface area contributed by atoms with Crippen LogP contribution in [0.1, 0.15) is 22.5 Å². The summed E-state index contributed by atoms with van der Waals surface area (Å²) >= 11 is 0. The minimum atomic E-state index is -0.126. The largest absolute Gasteiger partial charge is 0.353 e. The summed E-state index contributed by atoms with van der Waals surface area (Å²) in [5, 5.41) is 5.14. The van der Waals surface area contributed by atoms with Gasteiger partial charge in [0.2, 0.25) is 0 Å². The van der Waals surface area contributed by atoms with Crippen molar-refractivity contribution >= 4 is 27.7 Å². The first-order valence-corrected chi connectivity index (χ1v) is 10.1. The van der Waals surface area contributed by atoms with E-state index < -0.39 is 0 Å². The molecular formula is C24H27N4O+. The second kappa shape index (κ2) is 8.05. The number of rotatable bonds is 6. The first-order chi connectivity index (χ1) is 14.0. The lowest BCUT2D eigenvalue weighted by molar-refractivity contribution is -0.858. The van der Waals surface area contributed by atoms with E-state index in [1.807, 2.05) is 18.2 Å². The van der Waals surface area contributed by atoms with Crippen LogP contribution in [0.2, 0.25) is 0 Å². The van der Waals surface area contributed by atoms with Crippen LogP contribution >= 0.6 is 0 Å². The highest BCUT2D eigenvalue weighted by molar-refractivity contribution is 6.13. The minimum absolute atomic E-state index is 0.126. The van der Waals surface area contributed by atoms with Gasteiger partial charge in [-0.05, 0) is 19.1 Å². The van der Waals surface area contributed by atoms with E-state index in [0.717, 1.165) is 46.0 Å². The van der Waals surface area contributed by atoms with E-state index in [0.29, 0.717) is 12.2 Å². The van der Waals surface area contributed by atoms with Crippen molar-refractivity contribution in [1.29, 1.82) is 0 Å². The van der Waals surface area contributed by atoms with Crippen LogP contribution in [0.25, 0.3) is 33.1 Å². The Bertz CT molecular complexity index is 1160. The van der Waals surface area contributed by atoms with E-state index in [2.05, 4.69) is 67.7 Å². The van der Waals surface area contributed by atoms with E-state index in [9.17, 15) is 4.79 Å². The van der Waals surface area contributed by atoms with Crippen molar-refractivity contribution in [3.63, 3.8) is 0 Å². The molecule has 5 nitrogen and oxygen atoms in total. The van der Waals surface area contributed by atoms with Gasteiger partial charge in [0, 0.05) is 34.8 Å². The highest BCUT2D eigenvalue weighted by atomic mass is 16.1. The number of amides is 1. The molecule has 0 saturated carbocycles. The third kappa shape index (κ3) is 4.00. The molecule has 148 valence electrons. The van der Waals surface area contributed by atoms with Gasteiger partial charge in [-0.15, -0.1) is 0 Å². The van der Waals surface area contributed by atoms with Crippen LogP contribution in [-0.2, 0) is 0 Å². The van der Waals surface area contributed by atoms with Crippen LogP contribution in [0.4, 0.5) is 0 Å². The van der Waals surface area contributed by atoms with Crippen molar-refractivity contribution in [3.05, 3.63) is 65.9 Å². The number of hydrogen-bond donors (Lipinski definition) is 3. The van der Waals surface area contributed by atoms with Crippen LogP contribution in [0, 0.1) is 6.92 Å². The van der Waals surface area contributed by atoms with E-state index in [1.165, 1.54) is 10.5 Å². The fourth-order valence-electron chi connectivity index (χ4n) is 3.62. The van der Waals surface area contributed by atoms with E-state index >= 15 is 0 Å². The minimum Gasteiger partial charge on any atom is -0.353 e. The van der Waals surface area contributed by atoms with Gasteiger partial charge in [-0.3, -0.25) is 4.79 Å². The number of nitrogens with one attached hydrogen (secondary N) is 3. The van der Waals surface area contributed by atoms with Crippen molar-refractivity contribution in [2.75, 3.05) is 27.2 Å². The first kappa shape index (κ1) is 19.2. The summed E-state index contributed by atoms with van der Waals surface area (Å²) in [6.07, 6.45) is 0.939. The Morgan fingerprint density at radius 3 is 2.59 bits per heavy atom. The first-order valence-electron chi connectivity index (χ1n) is 10.1. The summed E-state index contributed by atoms with van der Waals surface area (Å²) in [5.74, 6) is -0.126. The van der Waals surface area contributed by atoms with Crippen LogP contribution < -0.4 is 10.2 Å². The SMILES string of the molecule is Cc1ccc(-c2nc(C(=O)NCCC[NH+](C)C)cc3c2[nH]c2ccccc23)cc1. The molecule has 4 rings (SSSR count). The molecule has 0 spiro atoms. The molecule has 0 aliphatic rings. The molecule has 0 saturated heterocycles. The molecule has 4 aromatic rings. The third-order valence-corrected chi connectivity index (χ3v) is 5.19. The molecule has 29 heavy (non-hydrogen) atoms. The fraction of sp³-hybridized carbons (Fsp3) is 0.250. The Labute approximate surface area is 170 Å². The monoisotopic (exact) mass is 387 g/mol. The topological polar surface area (TPSA) is 62.2 Å². The zero-order valence-electron chi connectivity index (χ0n) is 17.2. The number of quaternary nitrogens is 1. The van der Waals surface area contributed by atoms with Crippen LogP contribution in [0.5, 0.6) is 0 Å². The Morgan fingerprint density at radius 2 is 1.83 bits per heavy atom. The van der Waals surface area contributed by atoms with E-state index in [1.54, 1.807) is 0 Å². The molecule has 3 N–H and O–H groups in total. The molecule has 0 unspecified atom stereocenters. The smallest absolute Gasteiger partial charge is 0.269 e. The molecule has 1 amide bonds. The molecule has 0 aliphatic carbocycles. The molecule has 0 radical (unpaired) electrons. The lowest BCUT2D eigenvalue weighted by Gasteiger charge is -2.10. The summed E-state index contributed by atoms with van der Waals surface area (Å²) in [4.78, 5) is 22.5. The number of nitrogens with zero attached hydrogens (tertiary/aromatic N) is 1. The van der Waals surface area contributed by atoms with Gasteiger partial charge in [0.1, 0.15) is 5.69 Å². The van der Waals surface area contributed by atoms with Crippen molar-refractivity contribution in [2.24, 2.45) is 0 Å². The average Bonchev–Trinajstić information content (AvgIpc) is 3.09. The second-order valence-electron chi connectivity index (χ2n) is 7.88. The number of carbonyl (C=O) groups is 1. The quantitative estimate of drug-likeness (QED) is 0.446. The molecule has 0 fully saturated rings. The maximum Gasteiger partial charge on any atom is 0.269 e. The number of benzene rings is 2. The van der Waals surface area contributed by atoms with Gasteiger partial charge in [-0.2, -0.15) is 0 Å². The van der Waals surface area contributed by atoms with Gasteiger partial charge in [0.25, 0.3) is 5.91 Å². The molecule has 0 atom stereocenters. The molecule has 0 bridgehead atoms. The van der Waals surface area contributed by atoms with Crippen LogP contribution in [-0.4, -0.2) is 43.1 Å². The Morgan fingerprint density at radius 1 is 1.07 bits per heavy atom. The lowest BCUT2D eigenvalue weighted by atomic mass is 10.1. The van der Waals surface area contributed by atoms with Gasteiger partial charge in [0.05, 0.1) is 31.9 Å². The normalized spacial score (nSPS) is 11.4. The van der Waals surface area contributed by atoms with Gasteiger partial charge >= 0.3 is 0 Å². The maximum absolute atomic E-state index is 12.8.